The van der Waals surface area contributed by atoms with Crippen molar-refractivity contribution >= 4 is 34.5 Å². The number of likely N-dealkylation sites (N-methyl/N-ethyl adjacent to an activating group) is 1. The number of carbonyl (C=O) groups is 1. The Hall–Kier alpha value is -0.520. The van der Waals surface area contributed by atoms with Crippen molar-refractivity contribution in [3.8, 4) is 0 Å². The Morgan fingerprint density at radius 1 is 1.47 bits per heavy atom. The third-order valence-electron chi connectivity index (χ3n) is 3.60. The van der Waals surface area contributed by atoms with Crippen LogP contribution in [-0.4, -0.2) is 35.1 Å². The zero-order chi connectivity index (χ0) is 14.0. The largest absolute Gasteiger partial charge is 0.388 e. The van der Waals surface area contributed by atoms with E-state index in [0.717, 1.165) is 30.2 Å². The standard InChI is InChI=1S/C14H18BrNO2S/c1-16(9-14(18)6-2-3-7-14)13(17)11-5-4-10(15)8-12(11)19/h4-5,8,18-19H,2-3,6-7,9H2,1H3. The average molecular weight is 344 g/mol. The van der Waals surface area contributed by atoms with Crippen LogP contribution < -0.4 is 0 Å². The summed E-state index contributed by atoms with van der Waals surface area (Å²) in [5.74, 6) is -0.0992. The zero-order valence-electron chi connectivity index (χ0n) is 10.9. The monoisotopic (exact) mass is 343 g/mol. The maximum absolute atomic E-state index is 12.4. The highest BCUT2D eigenvalue weighted by atomic mass is 79.9. The summed E-state index contributed by atoms with van der Waals surface area (Å²) < 4.78 is 0.895. The second kappa shape index (κ2) is 5.85. The van der Waals surface area contributed by atoms with E-state index >= 15 is 0 Å². The van der Waals surface area contributed by atoms with Crippen LogP contribution in [0, 0.1) is 0 Å². The molecule has 0 heterocycles. The van der Waals surface area contributed by atoms with Crippen LogP contribution in [0.25, 0.3) is 0 Å². The molecular formula is C14H18BrNO2S. The molecule has 2 rings (SSSR count). The summed E-state index contributed by atoms with van der Waals surface area (Å²) in [4.78, 5) is 14.6. The van der Waals surface area contributed by atoms with Gasteiger partial charge in [0.15, 0.2) is 0 Å². The Labute approximate surface area is 127 Å². The van der Waals surface area contributed by atoms with Crippen molar-refractivity contribution in [1.29, 1.82) is 0 Å². The Morgan fingerprint density at radius 3 is 2.68 bits per heavy atom. The van der Waals surface area contributed by atoms with Crippen molar-refractivity contribution in [2.45, 2.75) is 36.2 Å². The minimum atomic E-state index is -0.712. The predicted molar refractivity (Wildman–Crippen MR) is 81.8 cm³/mol. The van der Waals surface area contributed by atoms with Gasteiger partial charge in [-0.3, -0.25) is 4.79 Å². The topological polar surface area (TPSA) is 40.5 Å². The van der Waals surface area contributed by atoms with E-state index in [0.29, 0.717) is 17.0 Å². The van der Waals surface area contributed by atoms with Crippen molar-refractivity contribution in [3.63, 3.8) is 0 Å². The lowest BCUT2D eigenvalue weighted by Crippen LogP contribution is -2.42. The van der Waals surface area contributed by atoms with Crippen molar-refractivity contribution in [2.24, 2.45) is 0 Å². The lowest BCUT2D eigenvalue weighted by Gasteiger charge is -2.29. The summed E-state index contributed by atoms with van der Waals surface area (Å²) in [6.45, 7) is 0.384. The highest BCUT2D eigenvalue weighted by Crippen LogP contribution is 2.30. The number of carbonyl (C=O) groups excluding carboxylic acids is 1. The van der Waals surface area contributed by atoms with E-state index in [-0.39, 0.29) is 5.91 Å². The highest BCUT2D eigenvalue weighted by molar-refractivity contribution is 9.10. The van der Waals surface area contributed by atoms with E-state index in [4.69, 9.17) is 0 Å². The van der Waals surface area contributed by atoms with Crippen molar-refractivity contribution in [3.05, 3.63) is 28.2 Å². The molecular weight excluding hydrogens is 326 g/mol. The van der Waals surface area contributed by atoms with E-state index in [9.17, 15) is 9.90 Å². The number of hydrogen-bond donors (Lipinski definition) is 2. The van der Waals surface area contributed by atoms with E-state index < -0.39 is 5.60 Å². The fraction of sp³-hybridized carbons (Fsp3) is 0.500. The van der Waals surface area contributed by atoms with Crippen LogP contribution in [0.4, 0.5) is 0 Å². The summed E-state index contributed by atoms with van der Waals surface area (Å²) >= 11 is 7.68. The quantitative estimate of drug-likeness (QED) is 0.828. The van der Waals surface area contributed by atoms with Crippen LogP contribution >= 0.6 is 28.6 Å². The highest BCUT2D eigenvalue weighted by Gasteiger charge is 2.33. The normalized spacial score (nSPS) is 17.5. The molecule has 1 amide bonds. The molecule has 0 radical (unpaired) electrons. The second-order valence-corrected chi connectivity index (χ2v) is 6.65. The Morgan fingerprint density at radius 2 is 2.11 bits per heavy atom. The smallest absolute Gasteiger partial charge is 0.254 e. The molecule has 1 saturated carbocycles. The van der Waals surface area contributed by atoms with Gasteiger partial charge in [0.1, 0.15) is 0 Å². The first-order chi connectivity index (χ1) is 8.91. The minimum Gasteiger partial charge on any atom is -0.388 e. The molecule has 1 fully saturated rings. The van der Waals surface area contributed by atoms with E-state index in [1.54, 1.807) is 24.1 Å². The Balaban J connectivity index is 2.10. The van der Waals surface area contributed by atoms with Crippen LogP contribution in [0.5, 0.6) is 0 Å². The van der Waals surface area contributed by atoms with E-state index in [1.165, 1.54) is 0 Å². The van der Waals surface area contributed by atoms with E-state index in [1.807, 2.05) is 6.07 Å². The third kappa shape index (κ3) is 3.52. The van der Waals surface area contributed by atoms with Crippen molar-refractivity contribution < 1.29 is 9.90 Å². The van der Waals surface area contributed by atoms with Gasteiger partial charge in [0, 0.05) is 23.0 Å². The van der Waals surface area contributed by atoms with Crippen LogP contribution in [0.1, 0.15) is 36.0 Å². The van der Waals surface area contributed by atoms with Gasteiger partial charge in [0.2, 0.25) is 0 Å². The van der Waals surface area contributed by atoms with Crippen LogP contribution in [-0.2, 0) is 0 Å². The molecule has 0 saturated heterocycles. The Kier molecular flexibility index (Phi) is 4.58. The molecule has 5 heteroatoms. The first-order valence-electron chi connectivity index (χ1n) is 6.38. The maximum atomic E-state index is 12.4. The molecule has 104 valence electrons. The maximum Gasteiger partial charge on any atom is 0.254 e. The molecule has 1 N–H and O–H groups in total. The van der Waals surface area contributed by atoms with Gasteiger partial charge in [-0.1, -0.05) is 28.8 Å². The first-order valence-corrected chi connectivity index (χ1v) is 7.62. The van der Waals surface area contributed by atoms with Gasteiger partial charge in [0.25, 0.3) is 5.91 Å². The molecule has 0 spiro atoms. The van der Waals surface area contributed by atoms with Gasteiger partial charge in [-0.05, 0) is 31.0 Å². The second-order valence-electron chi connectivity index (χ2n) is 5.25. The summed E-state index contributed by atoms with van der Waals surface area (Å²) in [7, 11) is 1.73. The summed E-state index contributed by atoms with van der Waals surface area (Å²) in [6, 6.07) is 5.38. The molecule has 0 aromatic heterocycles. The molecule has 1 aliphatic carbocycles. The van der Waals surface area contributed by atoms with Gasteiger partial charge < -0.3 is 10.0 Å². The van der Waals surface area contributed by atoms with Crippen molar-refractivity contribution in [1.82, 2.24) is 4.90 Å². The van der Waals surface area contributed by atoms with Gasteiger partial charge >= 0.3 is 0 Å². The van der Waals surface area contributed by atoms with Gasteiger partial charge in [0.05, 0.1) is 11.2 Å². The lowest BCUT2D eigenvalue weighted by molar-refractivity contribution is 0.0155. The van der Waals surface area contributed by atoms with Crippen LogP contribution in [0.15, 0.2) is 27.6 Å². The van der Waals surface area contributed by atoms with Crippen LogP contribution in [0.2, 0.25) is 0 Å². The zero-order valence-corrected chi connectivity index (χ0v) is 13.4. The molecule has 19 heavy (non-hydrogen) atoms. The Bertz CT molecular complexity index is 486. The average Bonchev–Trinajstić information content (AvgIpc) is 2.75. The minimum absolute atomic E-state index is 0.0992. The molecule has 1 aromatic carbocycles. The molecule has 0 aliphatic heterocycles. The number of amides is 1. The van der Waals surface area contributed by atoms with Gasteiger partial charge in [-0.2, -0.15) is 0 Å². The predicted octanol–water partition coefficient (Wildman–Crippen LogP) is 3.11. The first kappa shape index (κ1) is 14.9. The van der Waals surface area contributed by atoms with Crippen LogP contribution in [0.3, 0.4) is 0 Å². The number of thiol groups is 1. The molecule has 0 unspecified atom stereocenters. The number of nitrogens with zero attached hydrogens (tertiary/aromatic N) is 1. The number of benzene rings is 1. The lowest BCUT2D eigenvalue weighted by atomic mass is 10.0. The molecule has 1 aliphatic rings. The number of hydrogen-bond acceptors (Lipinski definition) is 3. The molecule has 0 atom stereocenters. The number of aliphatic hydroxyl groups is 1. The summed E-state index contributed by atoms with van der Waals surface area (Å²) in [6.07, 6.45) is 3.63. The van der Waals surface area contributed by atoms with Crippen molar-refractivity contribution in [2.75, 3.05) is 13.6 Å². The van der Waals surface area contributed by atoms with Gasteiger partial charge in [-0.15, -0.1) is 12.6 Å². The molecule has 1 aromatic rings. The SMILES string of the molecule is CN(CC1(O)CCCC1)C(=O)c1ccc(Br)cc1S. The molecule has 0 bridgehead atoms. The summed E-state index contributed by atoms with van der Waals surface area (Å²) in [5.41, 5.74) is -0.146. The fourth-order valence-corrected chi connectivity index (χ4v) is 3.44. The molecule has 3 nitrogen and oxygen atoms in total. The van der Waals surface area contributed by atoms with Gasteiger partial charge in [-0.25, -0.2) is 0 Å². The number of halogens is 1. The van der Waals surface area contributed by atoms with E-state index in [2.05, 4.69) is 28.6 Å². The number of rotatable bonds is 3. The third-order valence-corrected chi connectivity index (χ3v) is 4.47. The summed E-state index contributed by atoms with van der Waals surface area (Å²) in [5, 5.41) is 10.4. The fourth-order valence-electron chi connectivity index (χ4n) is 2.60.